The van der Waals surface area contributed by atoms with Crippen LogP contribution in [0.1, 0.15) is 43.2 Å². The highest BCUT2D eigenvalue weighted by Crippen LogP contribution is 2.46. The molecule has 0 aromatic heterocycles. The van der Waals surface area contributed by atoms with E-state index in [1.807, 2.05) is 0 Å². The van der Waals surface area contributed by atoms with Crippen molar-refractivity contribution >= 4 is 10.1 Å². The van der Waals surface area contributed by atoms with Crippen molar-refractivity contribution in [2.24, 2.45) is 5.41 Å². The summed E-state index contributed by atoms with van der Waals surface area (Å²) in [7, 11) is -3.67. The van der Waals surface area contributed by atoms with Gasteiger partial charge in [-0.25, -0.2) is 0 Å². The van der Waals surface area contributed by atoms with E-state index in [0.717, 1.165) is 12.8 Å². The Labute approximate surface area is 126 Å². The Morgan fingerprint density at radius 3 is 2.19 bits per heavy atom. The van der Waals surface area contributed by atoms with Gasteiger partial charge in [0.1, 0.15) is 0 Å². The third-order valence-corrected chi connectivity index (χ3v) is 4.62. The van der Waals surface area contributed by atoms with Crippen LogP contribution in [0.2, 0.25) is 0 Å². The fourth-order valence-corrected chi connectivity index (χ4v) is 3.51. The smallest absolute Gasteiger partial charge is 0.261 e. The van der Waals surface area contributed by atoms with Gasteiger partial charge in [0.2, 0.25) is 0 Å². The standard InChI is InChI=1S/C15H20O.CH4O3S/c16-14-6-9-15(10-7-14)8-5-12-3-1-2-4-13(12)11-15;1-5(2,3)4/h1-4,14,16H,5-11H2;1H3,(H,2,3,4). The summed E-state index contributed by atoms with van der Waals surface area (Å²) >= 11 is 0. The fourth-order valence-electron chi connectivity index (χ4n) is 3.51. The van der Waals surface area contributed by atoms with Crippen molar-refractivity contribution in [3.63, 3.8) is 0 Å². The molecule has 0 saturated heterocycles. The molecule has 2 N–H and O–H groups in total. The number of hydrogen-bond donors (Lipinski definition) is 2. The number of benzene rings is 1. The Hall–Kier alpha value is -0.910. The summed E-state index contributed by atoms with van der Waals surface area (Å²) in [6.07, 6.45) is 8.99. The third kappa shape index (κ3) is 5.09. The minimum absolute atomic E-state index is 0.0252. The van der Waals surface area contributed by atoms with Crippen LogP contribution in [0.15, 0.2) is 24.3 Å². The van der Waals surface area contributed by atoms with E-state index in [-0.39, 0.29) is 6.10 Å². The zero-order valence-corrected chi connectivity index (χ0v) is 13.3. The number of aliphatic hydroxyl groups is 1. The highest BCUT2D eigenvalue weighted by molar-refractivity contribution is 7.85. The van der Waals surface area contributed by atoms with Crippen LogP contribution in [-0.2, 0) is 23.0 Å². The van der Waals surface area contributed by atoms with E-state index >= 15 is 0 Å². The lowest BCUT2D eigenvalue weighted by atomic mass is 9.63. The van der Waals surface area contributed by atoms with Crippen molar-refractivity contribution in [1.82, 2.24) is 0 Å². The molecule has 1 aromatic carbocycles. The summed E-state index contributed by atoms with van der Waals surface area (Å²) in [6, 6.07) is 8.89. The van der Waals surface area contributed by atoms with E-state index in [0.29, 0.717) is 11.7 Å². The maximum absolute atomic E-state index is 9.62. The average molecular weight is 312 g/mol. The Bertz CT molecular complexity index is 564. The van der Waals surface area contributed by atoms with Crippen molar-refractivity contribution < 1.29 is 18.1 Å². The molecule has 3 rings (SSSR count). The highest BCUT2D eigenvalue weighted by Gasteiger charge is 2.37. The van der Waals surface area contributed by atoms with Crippen molar-refractivity contribution in [3.05, 3.63) is 35.4 Å². The van der Waals surface area contributed by atoms with Gasteiger partial charge >= 0.3 is 0 Å². The van der Waals surface area contributed by atoms with Crippen molar-refractivity contribution in [2.45, 2.75) is 51.0 Å². The monoisotopic (exact) mass is 312 g/mol. The van der Waals surface area contributed by atoms with Crippen LogP contribution in [0, 0.1) is 5.41 Å². The van der Waals surface area contributed by atoms with Gasteiger partial charge in [-0.3, -0.25) is 4.55 Å². The van der Waals surface area contributed by atoms with Gasteiger partial charge in [0.25, 0.3) is 10.1 Å². The number of fused-ring (bicyclic) bond motifs is 1. The third-order valence-electron chi connectivity index (χ3n) is 4.62. The molecule has 0 atom stereocenters. The minimum Gasteiger partial charge on any atom is -0.393 e. The molecule has 2 aliphatic carbocycles. The second kappa shape index (κ2) is 6.46. The number of rotatable bonds is 0. The molecule has 1 fully saturated rings. The van der Waals surface area contributed by atoms with Crippen molar-refractivity contribution in [2.75, 3.05) is 6.26 Å². The predicted octanol–water partition coefficient (Wildman–Crippen LogP) is 2.60. The van der Waals surface area contributed by atoms with Crippen LogP contribution in [0.25, 0.3) is 0 Å². The van der Waals surface area contributed by atoms with E-state index < -0.39 is 10.1 Å². The van der Waals surface area contributed by atoms with E-state index in [9.17, 15) is 13.5 Å². The minimum atomic E-state index is -3.67. The van der Waals surface area contributed by atoms with Crippen molar-refractivity contribution in [3.8, 4) is 0 Å². The normalized spacial score (nSPS) is 28.4. The van der Waals surface area contributed by atoms with Gasteiger partial charge in [0.15, 0.2) is 0 Å². The highest BCUT2D eigenvalue weighted by atomic mass is 32.2. The van der Waals surface area contributed by atoms with Crippen LogP contribution in [0.3, 0.4) is 0 Å². The van der Waals surface area contributed by atoms with Gasteiger partial charge in [0.05, 0.1) is 12.4 Å². The van der Waals surface area contributed by atoms with Crippen LogP contribution < -0.4 is 0 Å². The van der Waals surface area contributed by atoms with E-state index in [4.69, 9.17) is 4.55 Å². The number of aliphatic hydroxyl groups excluding tert-OH is 1. The summed E-state index contributed by atoms with van der Waals surface area (Å²) in [5.41, 5.74) is 3.64. The Morgan fingerprint density at radius 1 is 1.10 bits per heavy atom. The van der Waals surface area contributed by atoms with Crippen LogP contribution >= 0.6 is 0 Å². The molecule has 118 valence electrons. The SMILES string of the molecule is CS(=O)(=O)O.OC1CCC2(CCc3ccccc3C2)CC1. The molecule has 0 bridgehead atoms. The van der Waals surface area contributed by atoms with Gasteiger partial charge < -0.3 is 5.11 Å². The number of aryl methyl sites for hydroxylation is 1. The van der Waals surface area contributed by atoms with Gasteiger partial charge in [-0.05, 0) is 61.5 Å². The molecule has 1 spiro atoms. The average Bonchev–Trinajstić information content (AvgIpc) is 2.41. The zero-order valence-electron chi connectivity index (χ0n) is 12.5. The van der Waals surface area contributed by atoms with E-state index in [1.165, 1.54) is 32.1 Å². The lowest BCUT2D eigenvalue weighted by Crippen LogP contribution is -2.34. The molecular weight excluding hydrogens is 288 g/mol. The van der Waals surface area contributed by atoms with E-state index in [1.54, 1.807) is 11.1 Å². The first kappa shape index (κ1) is 16.5. The molecule has 0 radical (unpaired) electrons. The Balaban J connectivity index is 0.000000282. The molecule has 1 saturated carbocycles. The molecule has 0 amide bonds. The first-order valence-corrected chi connectivity index (χ1v) is 9.30. The topological polar surface area (TPSA) is 74.6 Å². The molecule has 21 heavy (non-hydrogen) atoms. The molecule has 2 aliphatic rings. The zero-order chi connectivity index (χ0) is 15.5. The second-order valence-corrected chi connectivity index (χ2v) is 7.88. The maximum Gasteiger partial charge on any atom is 0.261 e. The summed E-state index contributed by atoms with van der Waals surface area (Å²) in [4.78, 5) is 0. The molecule has 0 unspecified atom stereocenters. The maximum atomic E-state index is 9.62. The van der Waals surface area contributed by atoms with Gasteiger partial charge in [-0.1, -0.05) is 24.3 Å². The van der Waals surface area contributed by atoms with Crippen LogP contribution in [0.5, 0.6) is 0 Å². The molecule has 4 nitrogen and oxygen atoms in total. The largest absolute Gasteiger partial charge is 0.393 e. The van der Waals surface area contributed by atoms with Crippen LogP contribution in [0.4, 0.5) is 0 Å². The quantitative estimate of drug-likeness (QED) is 0.722. The Kier molecular flexibility index (Phi) is 5.07. The van der Waals surface area contributed by atoms with Crippen LogP contribution in [-0.4, -0.2) is 30.4 Å². The second-order valence-electron chi connectivity index (χ2n) is 6.41. The molecular formula is C16H24O4S. The molecule has 1 aromatic rings. The van der Waals surface area contributed by atoms with Gasteiger partial charge in [0, 0.05) is 0 Å². The summed E-state index contributed by atoms with van der Waals surface area (Å²) in [6.45, 7) is 0. The van der Waals surface area contributed by atoms with Gasteiger partial charge in [-0.15, -0.1) is 0 Å². The summed E-state index contributed by atoms with van der Waals surface area (Å²) in [5.74, 6) is 0. The predicted molar refractivity (Wildman–Crippen MR) is 82.8 cm³/mol. The lowest BCUT2D eigenvalue weighted by Gasteiger charge is -2.42. The molecule has 0 heterocycles. The fraction of sp³-hybridized carbons (Fsp3) is 0.625. The molecule has 0 aliphatic heterocycles. The first-order chi connectivity index (χ1) is 9.77. The van der Waals surface area contributed by atoms with Gasteiger partial charge in [-0.2, -0.15) is 8.42 Å². The van der Waals surface area contributed by atoms with E-state index in [2.05, 4.69) is 24.3 Å². The molecule has 5 heteroatoms. The summed E-state index contributed by atoms with van der Waals surface area (Å²) < 4.78 is 25.9. The first-order valence-electron chi connectivity index (χ1n) is 7.45. The number of hydrogen-bond acceptors (Lipinski definition) is 3. The summed E-state index contributed by atoms with van der Waals surface area (Å²) in [5, 5.41) is 9.62. The Morgan fingerprint density at radius 2 is 1.62 bits per heavy atom. The van der Waals surface area contributed by atoms with Crippen molar-refractivity contribution in [1.29, 1.82) is 0 Å². The lowest BCUT2D eigenvalue weighted by molar-refractivity contribution is 0.0542.